The van der Waals surface area contributed by atoms with E-state index >= 15 is 0 Å². The summed E-state index contributed by atoms with van der Waals surface area (Å²) >= 11 is 6.21. The molecule has 0 amide bonds. The molecule has 1 aliphatic rings. The molecule has 26 heavy (non-hydrogen) atoms. The minimum absolute atomic E-state index is 0.260. The van der Waals surface area contributed by atoms with Crippen LogP contribution in [-0.4, -0.2) is 36.6 Å². The summed E-state index contributed by atoms with van der Waals surface area (Å²) in [6.07, 6.45) is 6.46. The molecule has 7 heteroatoms. The van der Waals surface area contributed by atoms with Crippen LogP contribution in [0.15, 0.2) is 54.4 Å². The standard InChI is InChI=1S/C19H20ClN5O/c1-4-14(9-15-7-8-19(26,12(15)2)13(3)21)17-10-16(20)5-6-18(17)25-11-22-23-24-25/h4-6,9-11,21,26H,1,7-8H2,2-3H3/b14-9+,21-13?. The maximum Gasteiger partial charge on any atom is 0.143 e. The fraction of sp³-hybridized carbons (Fsp3) is 0.263. The number of hydrogen-bond acceptors (Lipinski definition) is 5. The first-order chi connectivity index (χ1) is 12.4. The lowest BCUT2D eigenvalue weighted by Gasteiger charge is -2.23. The van der Waals surface area contributed by atoms with Crippen LogP contribution in [0.4, 0.5) is 0 Å². The van der Waals surface area contributed by atoms with Crippen LogP contribution in [0.2, 0.25) is 5.02 Å². The minimum Gasteiger partial charge on any atom is -0.379 e. The molecule has 6 nitrogen and oxygen atoms in total. The van der Waals surface area contributed by atoms with Crippen molar-refractivity contribution in [3.63, 3.8) is 0 Å². The van der Waals surface area contributed by atoms with Crippen LogP contribution >= 0.6 is 11.6 Å². The van der Waals surface area contributed by atoms with E-state index in [1.165, 1.54) is 6.33 Å². The fourth-order valence-corrected chi connectivity index (χ4v) is 3.42. The van der Waals surface area contributed by atoms with Gasteiger partial charge in [0, 0.05) is 16.3 Å². The summed E-state index contributed by atoms with van der Waals surface area (Å²) in [7, 11) is 0. The quantitative estimate of drug-likeness (QED) is 0.620. The molecule has 1 aromatic heterocycles. The summed E-state index contributed by atoms with van der Waals surface area (Å²) in [4.78, 5) is 0. The van der Waals surface area contributed by atoms with E-state index in [-0.39, 0.29) is 5.71 Å². The zero-order valence-electron chi connectivity index (χ0n) is 14.7. The third-order valence-electron chi connectivity index (χ3n) is 4.89. The molecule has 1 atom stereocenters. The van der Waals surface area contributed by atoms with Gasteiger partial charge in [0.2, 0.25) is 0 Å². The Bertz CT molecular complexity index is 929. The second-order valence-electron chi connectivity index (χ2n) is 6.36. The van der Waals surface area contributed by atoms with Crippen molar-refractivity contribution in [2.24, 2.45) is 0 Å². The van der Waals surface area contributed by atoms with Gasteiger partial charge in [-0.3, -0.25) is 0 Å². The predicted molar refractivity (Wildman–Crippen MR) is 103 cm³/mol. The normalized spacial score (nSPS) is 20.5. The SMILES string of the molecule is C=C/C(=C\C1=C(C)C(O)(C(C)=N)CC1)c1cc(Cl)ccc1-n1cnnn1. The summed E-state index contributed by atoms with van der Waals surface area (Å²) in [6, 6.07) is 5.46. The summed E-state index contributed by atoms with van der Waals surface area (Å²) < 4.78 is 1.57. The molecule has 0 radical (unpaired) electrons. The summed E-state index contributed by atoms with van der Waals surface area (Å²) in [6.45, 7) is 7.44. The lowest BCUT2D eigenvalue weighted by Crippen LogP contribution is -2.35. The van der Waals surface area contributed by atoms with Crippen LogP contribution in [0.3, 0.4) is 0 Å². The smallest absolute Gasteiger partial charge is 0.143 e. The van der Waals surface area contributed by atoms with Gasteiger partial charge in [-0.05, 0) is 72.0 Å². The highest BCUT2D eigenvalue weighted by atomic mass is 35.5. The number of tetrazole rings is 1. The van der Waals surface area contributed by atoms with E-state index in [0.717, 1.165) is 28.0 Å². The number of benzene rings is 1. The van der Waals surface area contributed by atoms with Crippen molar-refractivity contribution in [3.8, 4) is 5.69 Å². The number of nitrogens with one attached hydrogen (secondary N) is 1. The van der Waals surface area contributed by atoms with Gasteiger partial charge in [-0.15, -0.1) is 5.10 Å². The fourth-order valence-electron chi connectivity index (χ4n) is 3.25. The van der Waals surface area contributed by atoms with Crippen molar-refractivity contribution in [3.05, 3.63) is 65.0 Å². The topological polar surface area (TPSA) is 87.7 Å². The molecular formula is C19H20ClN5O. The molecule has 0 bridgehead atoms. The van der Waals surface area contributed by atoms with Crippen molar-refractivity contribution in [1.82, 2.24) is 20.2 Å². The zero-order chi connectivity index (χ0) is 18.9. The van der Waals surface area contributed by atoms with Gasteiger partial charge >= 0.3 is 0 Å². The Morgan fingerprint density at radius 2 is 2.23 bits per heavy atom. The lowest BCUT2D eigenvalue weighted by atomic mass is 9.91. The Balaban J connectivity index is 2.13. The minimum atomic E-state index is -1.16. The molecular weight excluding hydrogens is 350 g/mol. The molecule has 3 rings (SSSR count). The lowest BCUT2D eigenvalue weighted by molar-refractivity contribution is 0.149. The Hall–Kier alpha value is -2.57. The van der Waals surface area contributed by atoms with Crippen molar-refractivity contribution in [2.45, 2.75) is 32.3 Å². The van der Waals surface area contributed by atoms with Gasteiger partial charge in [0.15, 0.2) is 0 Å². The van der Waals surface area contributed by atoms with Gasteiger partial charge < -0.3 is 10.5 Å². The van der Waals surface area contributed by atoms with Gasteiger partial charge in [0.1, 0.15) is 11.9 Å². The molecule has 134 valence electrons. The highest BCUT2D eigenvalue weighted by molar-refractivity contribution is 6.30. The van der Waals surface area contributed by atoms with E-state index in [1.54, 1.807) is 23.7 Å². The molecule has 0 saturated heterocycles. The molecule has 0 spiro atoms. The predicted octanol–water partition coefficient (Wildman–Crippen LogP) is 3.77. The van der Waals surface area contributed by atoms with E-state index in [2.05, 4.69) is 22.1 Å². The Labute approximate surface area is 157 Å². The van der Waals surface area contributed by atoms with Crippen LogP contribution < -0.4 is 0 Å². The van der Waals surface area contributed by atoms with Crippen LogP contribution in [0.25, 0.3) is 11.3 Å². The van der Waals surface area contributed by atoms with E-state index in [1.807, 2.05) is 25.1 Å². The largest absolute Gasteiger partial charge is 0.379 e. The first-order valence-electron chi connectivity index (χ1n) is 8.22. The number of rotatable bonds is 5. The van der Waals surface area contributed by atoms with Crippen molar-refractivity contribution in [2.75, 3.05) is 0 Å². The Kier molecular flexibility index (Phi) is 4.89. The van der Waals surface area contributed by atoms with Crippen LogP contribution in [0.5, 0.6) is 0 Å². The average Bonchev–Trinajstić information content (AvgIpc) is 3.24. The number of aromatic nitrogens is 4. The molecule has 2 N–H and O–H groups in total. The third-order valence-corrected chi connectivity index (χ3v) is 5.13. The second-order valence-corrected chi connectivity index (χ2v) is 6.79. The molecule has 1 aromatic carbocycles. The Morgan fingerprint density at radius 1 is 1.46 bits per heavy atom. The van der Waals surface area contributed by atoms with E-state index in [0.29, 0.717) is 17.9 Å². The molecule has 1 heterocycles. The first kappa shape index (κ1) is 18.2. The number of nitrogens with zero attached hydrogens (tertiary/aromatic N) is 4. The number of allylic oxidation sites excluding steroid dienone is 4. The van der Waals surface area contributed by atoms with Crippen LogP contribution in [0, 0.1) is 5.41 Å². The highest BCUT2D eigenvalue weighted by Crippen LogP contribution is 2.38. The van der Waals surface area contributed by atoms with E-state index in [4.69, 9.17) is 17.0 Å². The second kappa shape index (κ2) is 6.97. The molecule has 0 saturated carbocycles. The molecule has 0 aliphatic heterocycles. The van der Waals surface area contributed by atoms with E-state index in [9.17, 15) is 5.11 Å². The summed E-state index contributed by atoms with van der Waals surface area (Å²) in [5.74, 6) is 0. The average molecular weight is 370 g/mol. The van der Waals surface area contributed by atoms with Gasteiger partial charge in [-0.2, -0.15) is 4.68 Å². The molecule has 2 aromatic rings. The van der Waals surface area contributed by atoms with Crippen molar-refractivity contribution < 1.29 is 5.11 Å². The van der Waals surface area contributed by atoms with Gasteiger partial charge in [0.05, 0.1) is 5.69 Å². The van der Waals surface area contributed by atoms with Crippen molar-refractivity contribution >= 4 is 22.9 Å². The molecule has 0 fully saturated rings. The highest BCUT2D eigenvalue weighted by Gasteiger charge is 2.37. The van der Waals surface area contributed by atoms with Gasteiger partial charge in [0.25, 0.3) is 0 Å². The van der Waals surface area contributed by atoms with Crippen LogP contribution in [-0.2, 0) is 0 Å². The van der Waals surface area contributed by atoms with E-state index < -0.39 is 5.60 Å². The monoisotopic (exact) mass is 369 g/mol. The number of aliphatic hydroxyl groups is 1. The van der Waals surface area contributed by atoms with Gasteiger partial charge in [-0.25, -0.2) is 0 Å². The first-order valence-corrected chi connectivity index (χ1v) is 8.60. The summed E-state index contributed by atoms with van der Waals surface area (Å²) in [5, 5.41) is 30.5. The molecule has 1 aliphatic carbocycles. The Morgan fingerprint density at radius 3 is 2.81 bits per heavy atom. The maximum atomic E-state index is 10.7. The third kappa shape index (κ3) is 3.13. The van der Waals surface area contributed by atoms with Crippen molar-refractivity contribution in [1.29, 1.82) is 5.41 Å². The van der Waals surface area contributed by atoms with Gasteiger partial charge in [-0.1, -0.05) is 30.3 Å². The number of hydrogen-bond donors (Lipinski definition) is 2. The van der Waals surface area contributed by atoms with Crippen LogP contribution in [0.1, 0.15) is 32.3 Å². The maximum absolute atomic E-state index is 10.7. The molecule has 1 unspecified atom stereocenters. The summed E-state index contributed by atoms with van der Waals surface area (Å²) in [5.41, 5.74) is 3.36. The zero-order valence-corrected chi connectivity index (χ0v) is 15.5. The number of halogens is 1.